The van der Waals surface area contributed by atoms with E-state index in [0.717, 1.165) is 0 Å². The molecule has 1 aliphatic rings. The lowest BCUT2D eigenvalue weighted by Crippen LogP contribution is -2.45. The van der Waals surface area contributed by atoms with Crippen LogP contribution in [0, 0.1) is 5.82 Å². The van der Waals surface area contributed by atoms with Gasteiger partial charge in [0.2, 0.25) is 0 Å². The Labute approximate surface area is 124 Å². The molecule has 1 aromatic carbocycles. The maximum atomic E-state index is 14.3. The van der Waals surface area contributed by atoms with Gasteiger partial charge in [-0.1, -0.05) is 0 Å². The fourth-order valence-electron chi connectivity index (χ4n) is 2.41. The van der Waals surface area contributed by atoms with Crippen molar-refractivity contribution in [2.45, 2.75) is 26.1 Å². The smallest absolute Gasteiger partial charge is 0.170 e. The van der Waals surface area contributed by atoms with Gasteiger partial charge in [-0.25, -0.2) is 4.39 Å². The molecule has 1 heterocycles. The molecule has 1 saturated heterocycles. The molecule has 4 nitrogen and oxygen atoms in total. The summed E-state index contributed by atoms with van der Waals surface area (Å²) in [6.45, 7) is 5.40. The van der Waals surface area contributed by atoms with E-state index in [-0.39, 0.29) is 18.0 Å². The van der Waals surface area contributed by atoms with Crippen LogP contribution in [-0.4, -0.2) is 37.5 Å². The van der Waals surface area contributed by atoms with Gasteiger partial charge in [-0.2, -0.15) is 0 Å². The Balaban J connectivity index is 2.15. The van der Waals surface area contributed by atoms with Gasteiger partial charge in [0.1, 0.15) is 5.82 Å². The number of ether oxygens (including phenoxy) is 1. The van der Waals surface area contributed by atoms with Crippen molar-refractivity contribution in [3.05, 3.63) is 24.0 Å². The first-order valence-corrected chi connectivity index (χ1v) is 7.09. The molecule has 0 aromatic heterocycles. The van der Waals surface area contributed by atoms with Gasteiger partial charge in [-0.15, -0.1) is 0 Å². The number of halogens is 1. The van der Waals surface area contributed by atoms with Crippen molar-refractivity contribution in [3.63, 3.8) is 0 Å². The minimum atomic E-state index is -0.254. The van der Waals surface area contributed by atoms with E-state index in [1.165, 1.54) is 6.07 Å². The number of benzene rings is 1. The zero-order chi connectivity index (χ0) is 14.7. The van der Waals surface area contributed by atoms with Crippen LogP contribution in [-0.2, 0) is 4.74 Å². The quantitative estimate of drug-likeness (QED) is 0.820. The van der Waals surface area contributed by atoms with E-state index in [9.17, 15) is 4.39 Å². The van der Waals surface area contributed by atoms with Crippen LogP contribution in [0.3, 0.4) is 0 Å². The number of nitrogens with one attached hydrogen (secondary N) is 2. The van der Waals surface area contributed by atoms with Crippen LogP contribution in [0.4, 0.5) is 15.8 Å². The third-order valence-electron chi connectivity index (χ3n) is 3.19. The molecule has 0 amide bonds. The van der Waals surface area contributed by atoms with Crippen LogP contribution in [0.1, 0.15) is 13.8 Å². The molecule has 1 aliphatic heterocycles. The second-order valence-corrected chi connectivity index (χ2v) is 5.44. The van der Waals surface area contributed by atoms with E-state index in [0.29, 0.717) is 29.6 Å². The number of hydrogen-bond acceptors (Lipinski definition) is 3. The summed E-state index contributed by atoms with van der Waals surface area (Å²) < 4.78 is 19.9. The predicted molar refractivity (Wildman–Crippen MR) is 83.9 cm³/mol. The van der Waals surface area contributed by atoms with Crippen molar-refractivity contribution in [1.29, 1.82) is 0 Å². The highest BCUT2D eigenvalue weighted by Crippen LogP contribution is 2.26. The van der Waals surface area contributed by atoms with Crippen LogP contribution >= 0.6 is 12.2 Å². The molecule has 0 saturated carbocycles. The molecule has 1 fully saturated rings. The molecule has 0 unspecified atom stereocenters. The molecule has 0 radical (unpaired) electrons. The van der Waals surface area contributed by atoms with E-state index in [1.807, 2.05) is 24.8 Å². The van der Waals surface area contributed by atoms with E-state index >= 15 is 0 Å². The highest BCUT2D eigenvalue weighted by molar-refractivity contribution is 7.80. The molecule has 0 spiro atoms. The van der Waals surface area contributed by atoms with Crippen molar-refractivity contribution in [2.24, 2.45) is 0 Å². The van der Waals surface area contributed by atoms with Crippen molar-refractivity contribution in [1.82, 2.24) is 5.32 Å². The zero-order valence-electron chi connectivity index (χ0n) is 11.9. The highest BCUT2D eigenvalue weighted by atomic mass is 32.1. The Morgan fingerprint density at radius 1 is 1.35 bits per heavy atom. The van der Waals surface area contributed by atoms with Gasteiger partial charge in [0.05, 0.1) is 17.9 Å². The van der Waals surface area contributed by atoms with Gasteiger partial charge in [0.25, 0.3) is 0 Å². The third kappa shape index (κ3) is 3.58. The molecule has 1 aromatic rings. The van der Waals surface area contributed by atoms with Crippen LogP contribution in [0.15, 0.2) is 18.2 Å². The van der Waals surface area contributed by atoms with Gasteiger partial charge >= 0.3 is 0 Å². The predicted octanol–water partition coefficient (Wildman–Crippen LogP) is 2.36. The Kier molecular flexibility index (Phi) is 4.77. The number of thiocarbonyl (C=S) groups is 1. The largest absolute Gasteiger partial charge is 0.372 e. The topological polar surface area (TPSA) is 36.5 Å². The fraction of sp³-hybridized carbons (Fsp3) is 0.500. The van der Waals surface area contributed by atoms with Crippen LogP contribution in [0.25, 0.3) is 0 Å². The zero-order valence-corrected chi connectivity index (χ0v) is 12.8. The second kappa shape index (κ2) is 6.37. The molecular formula is C14H20FN3OS. The van der Waals surface area contributed by atoms with Crippen molar-refractivity contribution in [3.8, 4) is 0 Å². The summed E-state index contributed by atoms with van der Waals surface area (Å²) in [5.74, 6) is -0.254. The molecule has 0 bridgehead atoms. The van der Waals surface area contributed by atoms with Crippen molar-refractivity contribution >= 4 is 28.7 Å². The number of anilines is 2. The Bertz CT molecular complexity index is 487. The first-order chi connectivity index (χ1) is 9.49. The summed E-state index contributed by atoms with van der Waals surface area (Å²) in [5, 5.41) is 6.17. The van der Waals surface area contributed by atoms with Crippen molar-refractivity contribution in [2.75, 3.05) is 30.4 Å². The summed E-state index contributed by atoms with van der Waals surface area (Å²) in [5.41, 5.74) is 1.24. The molecule has 110 valence electrons. The lowest BCUT2D eigenvalue weighted by atomic mass is 10.2. The summed E-state index contributed by atoms with van der Waals surface area (Å²) >= 11 is 5.00. The number of morpholine rings is 1. The van der Waals surface area contributed by atoms with Crippen molar-refractivity contribution < 1.29 is 9.13 Å². The molecule has 2 N–H and O–H groups in total. The van der Waals surface area contributed by atoms with Gasteiger partial charge in [-0.05, 0) is 44.3 Å². The lowest BCUT2D eigenvalue weighted by molar-refractivity contribution is -0.00539. The average molecular weight is 297 g/mol. The minimum absolute atomic E-state index is 0.104. The van der Waals surface area contributed by atoms with Gasteiger partial charge in [0.15, 0.2) is 5.11 Å². The maximum Gasteiger partial charge on any atom is 0.170 e. The van der Waals surface area contributed by atoms with Gasteiger partial charge in [0, 0.05) is 25.8 Å². The molecule has 2 rings (SSSR count). The van der Waals surface area contributed by atoms with E-state index in [2.05, 4.69) is 10.6 Å². The van der Waals surface area contributed by atoms with E-state index < -0.39 is 0 Å². The monoisotopic (exact) mass is 297 g/mol. The fourth-order valence-corrected chi connectivity index (χ4v) is 2.53. The summed E-state index contributed by atoms with van der Waals surface area (Å²) in [7, 11) is 1.72. The molecule has 6 heteroatoms. The Morgan fingerprint density at radius 2 is 2.00 bits per heavy atom. The first kappa shape index (κ1) is 15.0. The first-order valence-electron chi connectivity index (χ1n) is 6.68. The standard InChI is InChI=1S/C14H20FN3OS/c1-9-7-18(8-10(2)19-9)13-5-4-11(6-12(13)15)17-14(20)16-3/h4-6,9-10H,7-8H2,1-3H3,(H2,16,17,20)/t9-,10+. The molecule has 2 atom stereocenters. The third-order valence-corrected chi connectivity index (χ3v) is 3.50. The second-order valence-electron chi connectivity index (χ2n) is 5.03. The lowest BCUT2D eigenvalue weighted by Gasteiger charge is -2.37. The van der Waals surface area contributed by atoms with Crippen LogP contribution in [0.5, 0.6) is 0 Å². The molecular weight excluding hydrogens is 277 g/mol. The van der Waals surface area contributed by atoms with Crippen LogP contribution < -0.4 is 15.5 Å². The van der Waals surface area contributed by atoms with Crippen LogP contribution in [0.2, 0.25) is 0 Å². The number of nitrogens with zero attached hydrogens (tertiary/aromatic N) is 1. The number of rotatable bonds is 2. The molecule has 0 aliphatic carbocycles. The Morgan fingerprint density at radius 3 is 2.55 bits per heavy atom. The average Bonchev–Trinajstić information content (AvgIpc) is 2.37. The number of hydrogen-bond donors (Lipinski definition) is 2. The maximum absolute atomic E-state index is 14.3. The summed E-state index contributed by atoms with van der Waals surface area (Å²) in [6, 6.07) is 5.07. The normalized spacial score (nSPS) is 22.5. The summed E-state index contributed by atoms with van der Waals surface area (Å²) in [6.07, 6.45) is 0.209. The Hall–Kier alpha value is -1.40. The van der Waals surface area contributed by atoms with Gasteiger partial charge in [-0.3, -0.25) is 0 Å². The SMILES string of the molecule is CNC(=S)Nc1ccc(N2C[C@@H](C)O[C@@H](C)C2)c(F)c1. The highest BCUT2D eigenvalue weighted by Gasteiger charge is 2.24. The molecule has 20 heavy (non-hydrogen) atoms. The van der Waals surface area contributed by atoms with E-state index in [1.54, 1.807) is 13.1 Å². The van der Waals surface area contributed by atoms with Gasteiger partial charge < -0.3 is 20.3 Å². The minimum Gasteiger partial charge on any atom is -0.372 e. The summed E-state index contributed by atoms with van der Waals surface area (Å²) in [4.78, 5) is 2.02. The van der Waals surface area contributed by atoms with E-state index in [4.69, 9.17) is 17.0 Å².